The van der Waals surface area contributed by atoms with Gasteiger partial charge in [-0.25, -0.2) is 4.39 Å². The molecule has 0 heterocycles. The molecule has 1 N–H and O–H groups in total. The van der Waals surface area contributed by atoms with Gasteiger partial charge < -0.3 is 5.32 Å². The maximum Gasteiger partial charge on any atom is 0.141 e. The summed E-state index contributed by atoms with van der Waals surface area (Å²) in [4.78, 5) is 0.595. The van der Waals surface area contributed by atoms with Crippen molar-refractivity contribution in [2.24, 2.45) is 5.92 Å². The Morgan fingerprint density at radius 3 is 2.82 bits per heavy atom. The Balaban J connectivity index is 2.05. The number of hydrogen-bond donors (Lipinski definition) is 1. The molecule has 1 saturated carbocycles. The highest BCUT2D eigenvalue weighted by molar-refractivity contribution is 7.85. The van der Waals surface area contributed by atoms with Crippen LogP contribution in [0.3, 0.4) is 0 Å². The summed E-state index contributed by atoms with van der Waals surface area (Å²) < 4.78 is 25.1. The summed E-state index contributed by atoms with van der Waals surface area (Å²) in [5.41, 5.74) is 0. The topological polar surface area (TPSA) is 29.1 Å². The van der Waals surface area contributed by atoms with E-state index in [1.807, 2.05) is 7.05 Å². The van der Waals surface area contributed by atoms with Crippen LogP contribution in [0.15, 0.2) is 23.1 Å². The first-order valence-corrected chi connectivity index (χ1v) is 7.32. The first-order valence-electron chi connectivity index (χ1n) is 5.62. The van der Waals surface area contributed by atoms with Crippen molar-refractivity contribution in [1.29, 1.82) is 0 Å². The standard InChI is InChI=1S/C12H15ClFNOS/c1-15-12(8-2-3-8)7-17(16)9-4-5-11(14)10(13)6-9/h4-6,8,12,15H,2-3,7H2,1H3. The second-order valence-corrected chi connectivity index (χ2v) is 6.22. The number of rotatable bonds is 5. The van der Waals surface area contributed by atoms with Gasteiger partial charge in [-0.15, -0.1) is 0 Å². The van der Waals surface area contributed by atoms with Gasteiger partial charge in [0.1, 0.15) is 5.82 Å². The lowest BCUT2D eigenvalue weighted by atomic mass is 10.2. The van der Waals surface area contributed by atoms with Gasteiger partial charge >= 0.3 is 0 Å². The normalized spacial score (nSPS) is 19.0. The van der Waals surface area contributed by atoms with Crippen molar-refractivity contribution in [3.05, 3.63) is 29.0 Å². The van der Waals surface area contributed by atoms with Crippen LogP contribution in [0.2, 0.25) is 5.02 Å². The molecule has 0 aromatic heterocycles. The minimum atomic E-state index is -1.13. The van der Waals surface area contributed by atoms with Crippen LogP contribution in [0.25, 0.3) is 0 Å². The molecule has 2 rings (SSSR count). The molecule has 1 aliphatic carbocycles. The van der Waals surface area contributed by atoms with Gasteiger partial charge in [-0.05, 0) is 44.0 Å². The Kier molecular flexibility index (Phi) is 4.17. The van der Waals surface area contributed by atoms with Gasteiger partial charge in [0, 0.05) is 16.7 Å². The van der Waals surface area contributed by atoms with Gasteiger partial charge in [0.2, 0.25) is 0 Å². The Labute approximate surface area is 108 Å². The summed E-state index contributed by atoms with van der Waals surface area (Å²) in [6.45, 7) is 0. The third-order valence-corrected chi connectivity index (χ3v) is 4.78. The number of nitrogens with one attached hydrogen (secondary N) is 1. The molecule has 2 atom stereocenters. The fourth-order valence-electron chi connectivity index (χ4n) is 1.83. The zero-order valence-corrected chi connectivity index (χ0v) is 11.2. The number of benzene rings is 1. The van der Waals surface area contributed by atoms with Crippen LogP contribution in [-0.2, 0) is 10.8 Å². The third-order valence-electron chi connectivity index (χ3n) is 3.05. The van der Waals surface area contributed by atoms with Crippen molar-refractivity contribution < 1.29 is 8.60 Å². The minimum Gasteiger partial charge on any atom is -0.316 e. The Hall–Kier alpha value is -0.450. The zero-order valence-electron chi connectivity index (χ0n) is 9.58. The van der Waals surface area contributed by atoms with Crippen molar-refractivity contribution in [3.8, 4) is 0 Å². The van der Waals surface area contributed by atoms with E-state index in [0.29, 0.717) is 16.6 Å². The minimum absolute atomic E-state index is 0.0308. The van der Waals surface area contributed by atoms with E-state index in [9.17, 15) is 8.60 Å². The van der Waals surface area contributed by atoms with Gasteiger partial charge in [-0.1, -0.05) is 11.6 Å². The predicted octanol–water partition coefficient (Wildman–Crippen LogP) is 2.58. The maximum atomic E-state index is 13.0. The molecule has 0 radical (unpaired) electrons. The summed E-state index contributed by atoms with van der Waals surface area (Å²) in [7, 11) is 0.761. The maximum absolute atomic E-state index is 13.0. The van der Waals surface area contributed by atoms with E-state index in [0.717, 1.165) is 0 Å². The molecular weight excluding hydrogens is 261 g/mol. The molecular formula is C12H15ClFNOS. The van der Waals surface area contributed by atoms with E-state index < -0.39 is 16.6 Å². The largest absolute Gasteiger partial charge is 0.316 e. The van der Waals surface area contributed by atoms with Crippen LogP contribution < -0.4 is 5.32 Å². The van der Waals surface area contributed by atoms with Gasteiger partial charge in [-0.2, -0.15) is 0 Å². The molecule has 2 unspecified atom stereocenters. The average molecular weight is 276 g/mol. The predicted molar refractivity (Wildman–Crippen MR) is 68.3 cm³/mol. The molecule has 0 spiro atoms. The number of halogens is 2. The molecule has 0 saturated heterocycles. The zero-order chi connectivity index (χ0) is 12.4. The Morgan fingerprint density at radius 2 is 2.29 bits per heavy atom. The smallest absolute Gasteiger partial charge is 0.141 e. The third kappa shape index (κ3) is 3.27. The fourth-order valence-corrected chi connectivity index (χ4v) is 3.50. The average Bonchev–Trinajstić information content (AvgIpc) is 3.13. The number of hydrogen-bond acceptors (Lipinski definition) is 2. The van der Waals surface area contributed by atoms with Gasteiger partial charge in [-0.3, -0.25) is 4.21 Å². The molecule has 1 aliphatic rings. The van der Waals surface area contributed by atoms with Crippen LogP contribution >= 0.6 is 11.6 Å². The van der Waals surface area contributed by atoms with Crippen molar-refractivity contribution >= 4 is 22.4 Å². The molecule has 17 heavy (non-hydrogen) atoms. The van der Waals surface area contributed by atoms with Gasteiger partial charge in [0.25, 0.3) is 0 Å². The SMILES string of the molecule is CNC(CS(=O)c1ccc(F)c(Cl)c1)C1CC1. The molecule has 1 aromatic carbocycles. The van der Waals surface area contributed by atoms with E-state index in [-0.39, 0.29) is 11.1 Å². The van der Waals surface area contributed by atoms with E-state index in [2.05, 4.69) is 5.32 Å². The molecule has 94 valence electrons. The second kappa shape index (κ2) is 5.46. The van der Waals surface area contributed by atoms with Crippen molar-refractivity contribution in [1.82, 2.24) is 5.32 Å². The highest BCUT2D eigenvalue weighted by atomic mass is 35.5. The van der Waals surface area contributed by atoms with Crippen molar-refractivity contribution in [2.45, 2.75) is 23.8 Å². The molecule has 5 heteroatoms. The van der Waals surface area contributed by atoms with Gasteiger partial charge in [0.05, 0.1) is 15.8 Å². The second-order valence-electron chi connectivity index (χ2n) is 4.32. The van der Waals surface area contributed by atoms with Crippen LogP contribution in [0.4, 0.5) is 4.39 Å². The Bertz CT molecular complexity index is 437. The summed E-state index contributed by atoms with van der Waals surface area (Å²) in [5, 5.41) is 3.22. The van der Waals surface area contributed by atoms with Crippen molar-refractivity contribution in [3.63, 3.8) is 0 Å². The highest BCUT2D eigenvalue weighted by Gasteiger charge is 2.31. The highest BCUT2D eigenvalue weighted by Crippen LogP contribution is 2.33. The summed E-state index contributed by atoms with van der Waals surface area (Å²) >= 11 is 5.68. The Morgan fingerprint density at radius 1 is 1.59 bits per heavy atom. The van der Waals surface area contributed by atoms with E-state index in [1.54, 1.807) is 0 Å². The van der Waals surface area contributed by atoms with Crippen LogP contribution in [-0.4, -0.2) is 23.1 Å². The van der Waals surface area contributed by atoms with Crippen LogP contribution in [0.1, 0.15) is 12.8 Å². The first-order chi connectivity index (χ1) is 8.11. The monoisotopic (exact) mass is 275 g/mol. The van der Waals surface area contributed by atoms with Crippen LogP contribution in [0, 0.1) is 11.7 Å². The van der Waals surface area contributed by atoms with E-state index >= 15 is 0 Å². The lowest BCUT2D eigenvalue weighted by molar-refractivity contribution is 0.546. The fraction of sp³-hybridized carbons (Fsp3) is 0.500. The summed E-state index contributed by atoms with van der Waals surface area (Å²) in [6.07, 6.45) is 2.40. The molecule has 1 aromatic rings. The molecule has 1 fully saturated rings. The van der Waals surface area contributed by atoms with Crippen molar-refractivity contribution in [2.75, 3.05) is 12.8 Å². The summed E-state index contributed by atoms with van der Waals surface area (Å²) in [6, 6.07) is 4.53. The molecule has 0 aliphatic heterocycles. The van der Waals surface area contributed by atoms with E-state index in [1.165, 1.54) is 31.0 Å². The first kappa shape index (κ1) is 13.0. The lowest BCUT2D eigenvalue weighted by Crippen LogP contribution is -2.33. The summed E-state index contributed by atoms with van der Waals surface area (Å²) in [5.74, 6) is 0.725. The lowest BCUT2D eigenvalue weighted by Gasteiger charge is -2.14. The molecule has 0 bridgehead atoms. The molecule has 0 amide bonds. The van der Waals surface area contributed by atoms with E-state index in [4.69, 9.17) is 11.6 Å². The molecule has 2 nitrogen and oxygen atoms in total. The van der Waals surface area contributed by atoms with Crippen LogP contribution in [0.5, 0.6) is 0 Å². The quantitative estimate of drug-likeness (QED) is 0.895. The van der Waals surface area contributed by atoms with Gasteiger partial charge in [0.15, 0.2) is 0 Å².